The Morgan fingerprint density at radius 3 is 1.77 bits per heavy atom. The Morgan fingerprint density at radius 2 is 1.07 bits per heavy atom. The van der Waals surface area contributed by atoms with Crippen LogP contribution in [0.2, 0.25) is 0 Å². The largest absolute Gasteiger partial charge is 0.309 e. The number of nitrogens with zero attached hydrogens (tertiary/aromatic N) is 5. The Morgan fingerprint density at radius 1 is 0.432 bits per heavy atom. The molecule has 0 bridgehead atoms. The van der Waals surface area contributed by atoms with Crippen LogP contribution >= 0.6 is 0 Å². The SMILES string of the molecule is c1ccc(-c2nc(-c3ccccc3)nc(-n3ccc4cc5ccc6c7ccccc7n(-c7ccccc7)c6c5cc43)n2)cc1. The van der Waals surface area contributed by atoms with E-state index in [9.17, 15) is 0 Å². The van der Waals surface area contributed by atoms with Gasteiger partial charge in [-0.15, -0.1) is 0 Å². The van der Waals surface area contributed by atoms with Crippen molar-refractivity contribution < 1.29 is 0 Å². The van der Waals surface area contributed by atoms with Gasteiger partial charge in [0.15, 0.2) is 11.6 Å². The van der Waals surface area contributed by atoms with Crippen LogP contribution in [0.15, 0.2) is 152 Å². The van der Waals surface area contributed by atoms with Gasteiger partial charge in [-0.25, -0.2) is 4.98 Å². The third-order valence-corrected chi connectivity index (χ3v) is 8.38. The van der Waals surface area contributed by atoms with E-state index in [2.05, 4.69) is 100 Å². The van der Waals surface area contributed by atoms with Crippen LogP contribution < -0.4 is 0 Å². The van der Waals surface area contributed by atoms with Crippen LogP contribution in [0.4, 0.5) is 0 Å². The fourth-order valence-electron chi connectivity index (χ4n) is 6.34. The topological polar surface area (TPSA) is 48.5 Å². The number of hydrogen-bond donors (Lipinski definition) is 0. The minimum Gasteiger partial charge on any atom is -0.309 e. The molecule has 3 aromatic heterocycles. The molecule has 0 atom stereocenters. The van der Waals surface area contributed by atoms with E-state index in [4.69, 9.17) is 15.0 Å². The standard InChI is InChI=1S/C39H25N5/c1-4-12-26(13-5-1)37-40-38(27-14-6-2-7-15-27)42-39(41-37)43-23-22-29-24-28-20-21-32-31-18-10-11-19-34(31)44(30-16-8-3-9-17-30)36(32)33(28)25-35(29)43/h1-25H. The maximum Gasteiger partial charge on any atom is 0.238 e. The highest BCUT2D eigenvalue weighted by molar-refractivity contribution is 6.20. The first kappa shape index (κ1) is 24.5. The van der Waals surface area contributed by atoms with Crippen LogP contribution in [0.3, 0.4) is 0 Å². The summed E-state index contributed by atoms with van der Waals surface area (Å²) in [5, 5.41) is 5.96. The van der Waals surface area contributed by atoms with Crippen LogP contribution in [-0.2, 0) is 0 Å². The summed E-state index contributed by atoms with van der Waals surface area (Å²) in [4.78, 5) is 14.9. The van der Waals surface area contributed by atoms with Gasteiger partial charge in [-0.3, -0.25) is 4.57 Å². The van der Waals surface area contributed by atoms with E-state index in [1.165, 1.54) is 32.6 Å². The molecule has 0 N–H and O–H groups in total. The van der Waals surface area contributed by atoms with E-state index >= 15 is 0 Å². The molecule has 0 saturated carbocycles. The summed E-state index contributed by atoms with van der Waals surface area (Å²) in [6.45, 7) is 0. The molecule has 0 saturated heterocycles. The van der Waals surface area contributed by atoms with Crippen molar-refractivity contribution in [2.45, 2.75) is 0 Å². The minimum atomic E-state index is 0.586. The molecular formula is C39H25N5. The Bertz CT molecular complexity index is 2420. The van der Waals surface area contributed by atoms with Crippen molar-refractivity contribution in [1.82, 2.24) is 24.1 Å². The van der Waals surface area contributed by atoms with E-state index in [0.717, 1.165) is 27.7 Å². The Balaban J connectivity index is 1.34. The van der Waals surface area contributed by atoms with Crippen molar-refractivity contribution >= 4 is 43.5 Å². The van der Waals surface area contributed by atoms with Gasteiger partial charge >= 0.3 is 0 Å². The van der Waals surface area contributed by atoms with E-state index in [-0.39, 0.29) is 0 Å². The predicted molar refractivity (Wildman–Crippen MR) is 179 cm³/mol. The molecule has 3 heterocycles. The fourth-order valence-corrected chi connectivity index (χ4v) is 6.34. The molecule has 0 aliphatic carbocycles. The first-order valence-electron chi connectivity index (χ1n) is 14.7. The third-order valence-electron chi connectivity index (χ3n) is 8.38. The number of rotatable bonds is 4. The average Bonchev–Trinajstić information content (AvgIpc) is 3.67. The van der Waals surface area contributed by atoms with E-state index < -0.39 is 0 Å². The predicted octanol–water partition coefficient (Wildman–Crippen LogP) is 9.40. The van der Waals surface area contributed by atoms with Crippen LogP contribution in [0.1, 0.15) is 0 Å². The summed E-state index contributed by atoms with van der Waals surface area (Å²) in [6, 6.07) is 50.6. The van der Waals surface area contributed by atoms with E-state index in [1.54, 1.807) is 0 Å². The van der Waals surface area contributed by atoms with Crippen LogP contribution in [0, 0.1) is 0 Å². The maximum absolute atomic E-state index is 5.00. The highest BCUT2D eigenvalue weighted by atomic mass is 15.2. The van der Waals surface area contributed by atoms with Crippen molar-refractivity contribution in [3.8, 4) is 34.4 Å². The Labute approximate surface area is 253 Å². The molecule has 206 valence electrons. The second-order valence-electron chi connectivity index (χ2n) is 11.0. The van der Waals surface area contributed by atoms with Crippen molar-refractivity contribution in [1.29, 1.82) is 0 Å². The summed E-state index contributed by atoms with van der Waals surface area (Å²) in [7, 11) is 0. The van der Waals surface area contributed by atoms with Gasteiger partial charge in [0, 0.05) is 44.6 Å². The van der Waals surface area contributed by atoms with Crippen molar-refractivity contribution in [3.05, 3.63) is 152 Å². The molecule has 0 spiro atoms. The van der Waals surface area contributed by atoms with Gasteiger partial charge < -0.3 is 4.57 Å². The molecular weight excluding hydrogens is 538 g/mol. The Hall–Kier alpha value is -6.07. The molecule has 9 aromatic rings. The molecule has 0 amide bonds. The minimum absolute atomic E-state index is 0.586. The number of fused-ring (bicyclic) bond motifs is 6. The second kappa shape index (κ2) is 9.75. The lowest BCUT2D eigenvalue weighted by molar-refractivity contribution is 0.934. The number of hydrogen-bond acceptors (Lipinski definition) is 3. The molecule has 0 radical (unpaired) electrons. The zero-order valence-electron chi connectivity index (χ0n) is 23.7. The fraction of sp³-hybridized carbons (Fsp3) is 0. The molecule has 5 nitrogen and oxygen atoms in total. The quantitative estimate of drug-likeness (QED) is 0.214. The molecule has 5 heteroatoms. The van der Waals surface area contributed by atoms with Gasteiger partial charge in [-0.2, -0.15) is 9.97 Å². The summed E-state index contributed by atoms with van der Waals surface area (Å²) in [6.07, 6.45) is 2.06. The number of benzene rings is 6. The zero-order chi connectivity index (χ0) is 29.0. The average molecular weight is 564 g/mol. The number of para-hydroxylation sites is 2. The molecule has 44 heavy (non-hydrogen) atoms. The molecule has 0 aliphatic rings. The third kappa shape index (κ3) is 3.83. The van der Waals surface area contributed by atoms with Crippen molar-refractivity contribution in [2.24, 2.45) is 0 Å². The Kier molecular flexibility index (Phi) is 5.43. The maximum atomic E-state index is 5.00. The van der Waals surface area contributed by atoms with Gasteiger partial charge in [0.2, 0.25) is 5.95 Å². The normalized spacial score (nSPS) is 11.6. The highest BCUT2D eigenvalue weighted by Gasteiger charge is 2.18. The van der Waals surface area contributed by atoms with Gasteiger partial charge in [0.05, 0.1) is 16.6 Å². The summed E-state index contributed by atoms with van der Waals surface area (Å²) >= 11 is 0. The first-order chi connectivity index (χ1) is 21.8. The lowest BCUT2D eigenvalue weighted by Crippen LogP contribution is -2.05. The van der Waals surface area contributed by atoms with E-state index in [0.29, 0.717) is 17.6 Å². The lowest BCUT2D eigenvalue weighted by Gasteiger charge is -2.12. The van der Waals surface area contributed by atoms with E-state index in [1.807, 2.05) is 60.7 Å². The summed E-state index contributed by atoms with van der Waals surface area (Å²) < 4.78 is 4.47. The first-order valence-corrected chi connectivity index (χ1v) is 14.7. The van der Waals surface area contributed by atoms with Gasteiger partial charge in [0.1, 0.15) is 0 Å². The van der Waals surface area contributed by atoms with Gasteiger partial charge in [-0.05, 0) is 41.8 Å². The summed E-state index contributed by atoms with van der Waals surface area (Å²) in [5.74, 6) is 1.87. The monoisotopic (exact) mass is 563 g/mol. The van der Waals surface area contributed by atoms with Crippen LogP contribution in [0.25, 0.3) is 77.9 Å². The summed E-state index contributed by atoms with van der Waals surface area (Å²) in [5.41, 5.74) is 6.45. The molecule has 0 fully saturated rings. The molecule has 9 rings (SSSR count). The van der Waals surface area contributed by atoms with Gasteiger partial charge in [0.25, 0.3) is 0 Å². The van der Waals surface area contributed by atoms with Gasteiger partial charge in [-0.1, -0.05) is 109 Å². The molecule has 0 aliphatic heterocycles. The molecule has 6 aromatic carbocycles. The zero-order valence-corrected chi connectivity index (χ0v) is 23.7. The number of aromatic nitrogens is 5. The second-order valence-corrected chi connectivity index (χ2v) is 11.0. The van der Waals surface area contributed by atoms with Crippen LogP contribution in [-0.4, -0.2) is 24.1 Å². The highest BCUT2D eigenvalue weighted by Crippen LogP contribution is 2.38. The van der Waals surface area contributed by atoms with Crippen molar-refractivity contribution in [2.75, 3.05) is 0 Å². The molecule has 0 unspecified atom stereocenters. The smallest absolute Gasteiger partial charge is 0.238 e. The lowest BCUT2D eigenvalue weighted by atomic mass is 10.0. The van der Waals surface area contributed by atoms with Crippen molar-refractivity contribution in [3.63, 3.8) is 0 Å². The van der Waals surface area contributed by atoms with Crippen LogP contribution in [0.5, 0.6) is 0 Å².